The Kier molecular flexibility index (Phi) is 4.09. The molecule has 4 heteroatoms. The molecule has 1 heterocycles. The number of nitrogens with zero attached hydrogens (tertiary/aromatic N) is 1. The minimum absolute atomic E-state index is 0.00189. The van der Waals surface area contributed by atoms with Crippen molar-refractivity contribution in [1.29, 1.82) is 0 Å². The van der Waals surface area contributed by atoms with Crippen molar-refractivity contribution in [3.05, 3.63) is 70.6 Å². The van der Waals surface area contributed by atoms with Crippen LogP contribution in [0.4, 0.5) is 0 Å². The number of hydrogen-bond donors (Lipinski definition) is 1. The number of pyridine rings is 1. The van der Waals surface area contributed by atoms with Gasteiger partial charge in [-0.15, -0.1) is 0 Å². The molecule has 1 aliphatic carbocycles. The monoisotopic (exact) mass is 296 g/mol. The second kappa shape index (κ2) is 6.18. The van der Waals surface area contributed by atoms with Crippen LogP contribution < -0.4 is 10.9 Å². The molecule has 0 aliphatic heterocycles. The molecule has 2 aromatic rings. The zero-order valence-electron chi connectivity index (χ0n) is 12.5. The SMILES string of the molecule is O=C(CCn1ccccc1=O)NCC1(c2ccccc2)CC1. The number of aryl methyl sites for hydroxylation is 1. The van der Waals surface area contributed by atoms with Crippen LogP contribution in [-0.2, 0) is 16.8 Å². The average molecular weight is 296 g/mol. The summed E-state index contributed by atoms with van der Waals surface area (Å²) in [5.41, 5.74) is 1.35. The maximum absolute atomic E-state index is 12.0. The fraction of sp³-hybridized carbons (Fsp3) is 0.333. The predicted molar refractivity (Wildman–Crippen MR) is 85.7 cm³/mol. The highest BCUT2D eigenvalue weighted by Crippen LogP contribution is 2.47. The minimum Gasteiger partial charge on any atom is -0.355 e. The van der Waals surface area contributed by atoms with Crippen LogP contribution in [0.15, 0.2) is 59.5 Å². The zero-order chi connectivity index (χ0) is 15.4. The number of rotatable bonds is 6. The highest BCUT2D eigenvalue weighted by molar-refractivity contribution is 5.76. The van der Waals surface area contributed by atoms with Crippen LogP contribution in [0.1, 0.15) is 24.8 Å². The molecular weight excluding hydrogens is 276 g/mol. The molecule has 22 heavy (non-hydrogen) atoms. The van der Waals surface area contributed by atoms with E-state index in [4.69, 9.17) is 0 Å². The fourth-order valence-corrected chi connectivity index (χ4v) is 2.73. The largest absolute Gasteiger partial charge is 0.355 e. The molecule has 0 atom stereocenters. The summed E-state index contributed by atoms with van der Waals surface area (Å²) in [5.74, 6) is -0.00189. The molecular formula is C18H20N2O2. The molecule has 114 valence electrons. The maximum Gasteiger partial charge on any atom is 0.250 e. The number of amides is 1. The van der Waals surface area contributed by atoms with E-state index in [2.05, 4.69) is 17.4 Å². The van der Waals surface area contributed by atoms with Crippen LogP contribution in [0.3, 0.4) is 0 Å². The Hall–Kier alpha value is -2.36. The molecule has 1 aliphatic rings. The molecule has 1 saturated carbocycles. The first-order chi connectivity index (χ1) is 10.7. The van der Waals surface area contributed by atoms with Crippen LogP contribution in [0.25, 0.3) is 0 Å². The molecule has 3 rings (SSSR count). The van der Waals surface area contributed by atoms with Crippen molar-refractivity contribution in [2.75, 3.05) is 6.54 Å². The Bertz CT molecular complexity index is 702. The third-order valence-electron chi connectivity index (χ3n) is 4.34. The number of benzene rings is 1. The van der Waals surface area contributed by atoms with Gasteiger partial charge >= 0.3 is 0 Å². The van der Waals surface area contributed by atoms with Crippen LogP contribution in [0, 0.1) is 0 Å². The summed E-state index contributed by atoms with van der Waals surface area (Å²) in [7, 11) is 0. The molecule has 1 aromatic carbocycles. The Labute approximate surface area is 129 Å². The van der Waals surface area contributed by atoms with Crippen molar-refractivity contribution in [1.82, 2.24) is 9.88 Å². The lowest BCUT2D eigenvalue weighted by molar-refractivity contribution is -0.121. The zero-order valence-corrected chi connectivity index (χ0v) is 12.5. The molecule has 0 spiro atoms. The molecule has 0 bridgehead atoms. The Morgan fingerprint density at radius 1 is 1.09 bits per heavy atom. The molecule has 1 N–H and O–H groups in total. The van der Waals surface area contributed by atoms with E-state index < -0.39 is 0 Å². The van der Waals surface area contributed by atoms with Crippen LogP contribution in [-0.4, -0.2) is 17.0 Å². The highest BCUT2D eigenvalue weighted by Gasteiger charge is 2.44. The second-order valence-electron chi connectivity index (χ2n) is 5.91. The van der Waals surface area contributed by atoms with E-state index in [0.717, 1.165) is 12.8 Å². The van der Waals surface area contributed by atoms with Gasteiger partial charge in [-0.25, -0.2) is 0 Å². The van der Waals surface area contributed by atoms with E-state index in [9.17, 15) is 9.59 Å². The van der Waals surface area contributed by atoms with E-state index >= 15 is 0 Å². The Morgan fingerprint density at radius 2 is 1.82 bits per heavy atom. The standard InChI is InChI=1S/C18H20N2O2/c21-16(9-13-20-12-5-4-8-17(20)22)19-14-18(10-11-18)15-6-2-1-3-7-15/h1-8,12H,9-11,13-14H2,(H,19,21). The van der Waals surface area contributed by atoms with Crippen LogP contribution in [0.2, 0.25) is 0 Å². The molecule has 0 unspecified atom stereocenters. The summed E-state index contributed by atoms with van der Waals surface area (Å²) < 4.78 is 1.56. The number of aromatic nitrogens is 1. The van der Waals surface area contributed by atoms with Gasteiger partial charge in [0.25, 0.3) is 5.56 Å². The lowest BCUT2D eigenvalue weighted by Gasteiger charge is -2.16. The smallest absolute Gasteiger partial charge is 0.250 e. The fourth-order valence-electron chi connectivity index (χ4n) is 2.73. The van der Waals surface area contributed by atoms with Crippen molar-refractivity contribution in [3.8, 4) is 0 Å². The van der Waals surface area contributed by atoms with E-state index in [1.165, 1.54) is 11.6 Å². The molecule has 0 radical (unpaired) electrons. The first-order valence-corrected chi connectivity index (χ1v) is 7.67. The van der Waals surface area contributed by atoms with Crippen molar-refractivity contribution >= 4 is 5.91 Å². The van der Waals surface area contributed by atoms with Crippen molar-refractivity contribution in [2.45, 2.75) is 31.2 Å². The maximum atomic E-state index is 12.0. The number of carbonyl (C=O) groups is 1. The first-order valence-electron chi connectivity index (χ1n) is 7.67. The van der Waals surface area contributed by atoms with Crippen molar-refractivity contribution in [3.63, 3.8) is 0 Å². The van der Waals surface area contributed by atoms with E-state index in [0.29, 0.717) is 19.5 Å². The summed E-state index contributed by atoms with van der Waals surface area (Å²) in [6, 6.07) is 15.4. The van der Waals surface area contributed by atoms with Crippen molar-refractivity contribution < 1.29 is 4.79 Å². The summed E-state index contributed by atoms with van der Waals surface area (Å²) in [4.78, 5) is 23.6. The van der Waals surface area contributed by atoms with Crippen LogP contribution in [0.5, 0.6) is 0 Å². The number of hydrogen-bond acceptors (Lipinski definition) is 2. The topological polar surface area (TPSA) is 51.1 Å². The second-order valence-corrected chi connectivity index (χ2v) is 5.91. The Morgan fingerprint density at radius 3 is 2.50 bits per heavy atom. The molecule has 0 saturated heterocycles. The lowest BCUT2D eigenvalue weighted by atomic mass is 9.96. The third-order valence-corrected chi connectivity index (χ3v) is 4.34. The predicted octanol–water partition coefficient (Wildman–Crippen LogP) is 2.09. The molecule has 1 aromatic heterocycles. The summed E-state index contributed by atoms with van der Waals surface area (Å²) in [6.45, 7) is 1.10. The summed E-state index contributed by atoms with van der Waals surface area (Å²) >= 11 is 0. The van der Waals surface area contributed by atoms with E-state index in [1.807, 2.05) is 18.2 Å². The quantitative estimate of drug-likeness (QED) is 0.887. The summed E-state index contributed by atoms with van der Waals surface area (Å²) in [6.07, 6.45) is 4.28. The van der Waals surface area contributed by atoms with Crippen molar-refractivity contribution in [2.24, 2.45) is 0 Å². The van der Waals surface area contributed by atoms with Gasteiger partial charge in [-0.05, 0) is 24.5 Å². The van der Waals surface area contributed by atoms with Gasteiger partial charge in [-0.3, -0.25) is 9.59 Å². The normalized spacial score (nSPS) is 15.3. The van der Waals surface area contributed by atoms with E-state index in [1.54, 1.807) is 22.9 Å². The number of nitrogens with one attached hydrogen (secondary N) is 1. The van der Waals surface area contributed by atoms with Crippen LogP contribution >= 0.6 is 0 Å². The van der Waals surface area contributed by atoms with Gasteiger partial charge in [0.2, 0.25) is 5.91 Å². The van der Waals surface area contributed by atoms with Gasteiger partial charge < -0.3 is 9.88 Å². The van der Waals surface area contributed by atoms with E-state index in [-0.39, 0.29) is 16.9 Å². The molecule has 1 fully saturated rings. The van der Waals surface area contributed by atoms with Gasteiger partial charge in [0.15, 0.2) is 0 Å². The average Bonchev–Trinajstić information content (AvgIpc) is 3.34. The van der Waals surface area contributed by atoms with Gasteiger partial charge in [-0.2, -0.15) is 0 Å². The Balaban J connectivity index is 1.51. The minimum atomic E-state index is -0.0711. The third kappa shape index (κ3) is 3.27. The van der Waals surface area contributed by atoms with Gasteiger partial charge in [0, 0.05) is 37.2 Å². The van der Waals surface area contributed by atoms with Gasteiger partial charge in [0.05, 0.1) is 0 Å². The van der Waals surface area contributed by atoms with Gasteiger partial charge in [-0.1, -0.05) is 36.4 Å². The number of carbonyl (C=O) groups excluding carboxylic acids is 1. The van der Waals surface area contributed by atoms with Gasteiger partial charge in [0.1, 0.15) is 0 Å². The molecule has 1 amide bonds. The highest BCUT2D eigenvalue weighted by atomic mass is 16.1. The first kappa shape index (κ1) is 14.6. The lowest BCUT2D eigenvalue weighted by Crippen LogP contribution is -2.33. The summed E-state index contributed by atoms with van der Waals surface area (Å²) in [5, 5.41) is 3.02. The molecule has 4 nitrogen and oxygen atoms in total.